The van der Waals surface area contributed by atoms with Crippen LogP contribution in [0.4, 0.5) is 0 Å². The molecule has 3 N–H and O–H groups in total. The second kappa shape index (κ2) is 8.30. The summed E-state index contributed by atoms with van der Waals surface area (Å²) in [6.45, 7) is 3.80. The molecule has 0 spiro atoms. The van der Waals surface area contributed by atoms with Gasteiger partial charge in [-0.05, 0) is 37.6 Å². The molecule has 1 amide bonds. The van der Waals surface area contributed by atoms with E-state index in [1.54, 1.807) is 13.8 Å². The average molecular weight is 403 g/mol. The summed E-state index contributed by atoms with van der Waals surface area (Å²) >= 11 is 0. The maximum Gasteiger partial charge on any atom is 0.254 e. The lowest BCUT2D eigenvalue weighted by Crippen LogP contribution is -2.37. The minimum absolute atomic E-state index is 0.210. The van der Waals surface area contributed by atoms with E-state index in [1.165, 1.54) is 0 Å². The number of aryl methyl sites for hydroxylation is 1. The summed E-state index contributed by atoms with van der Waals surface area (Å²) < 4.78 is 11.3. The van der Waals surface area contributed by atoms with Crippen LogP contribution in [0.3, 0.4) is 0 Å². The minimum Gasteiger partial charge on any atom is -0.416 e. The number of hydrogen-bond donors (Lipinski definition) is 2. The van der Waals surface area contributed by atoms with Crippen molar-refractivity contribution in [3.8, 4) is 34.2 Å². The summed E-state index contributed by atoms with van der Waals surface area (Å²) in [5, 5.41) is 15.4. The molecule has 2 aromatic carbocycles. The van der Waals surface area contributed by atoms with Gasteiger partial charge < -0.3 is 20.0 Å². The number of nitrogens with two attached hydrogens (primary N) is 1. The number of nitrogens with one attached hydrogen (secondary N) is 1. The van der Waals surface area contributed by atoms with Gasteiger partial charge in [-0.2, -0.15) is 0 Å². The third kappa shape index (κ3) is 3.99. The van der Waals surface area contributed by atoms with Gasteiger partial charge in [0.15, 0.2) is 0 Å². The number of amides is 1. The summed E-state index contributed by atoms with van der Waals surface area (Å²) in [7, 11) is 0. The van der Waals surface area contributed by atoms with Crippen LogP contribution >= 0.6 is 0 Å². The number of rotatable bonds is 6. The molecule has 1 atom stereocenters. The lowest BCUT2D eigenvalue weighted by Gasteiger charge is -2.08. The molecule has 0 radical (unpaired) electrons. The van der Waals surface area contributed by atoms with E-state index in [0.29, 0.717) is 35.3 Å². The third-order valence-corrected chi connectivity index (χ3v) is 4.60. The minimum atomic E-state index is -0.561. The number of aromatic nitrogens is 3. The Morgan fingerprint density at radius 2 is 1.80 bits per heavy atom. The fourth-order valence-electron chi connectivity index (χ4n) is 3.02. The van der Waals surface area contributed by atoms with Crippen LogP contribution < -0.4 is 11.1 Å². The highest BCUT2D eigenvalue weighted by molar-refractivity contribution is 5.81. The van der Waals surface area contributed by atoms with E-state index in [4.69, 9.17) is 14.7 Å². The predicted octanol–water partition coefficient (Wildman–Crippen LogP) is 3.33. The van der Waals surface area contributed by atoms with Crippen molar-refractivity contribution in [1.29, 1.82) is 0 Å². The molecule has 0 saturated carbocycles. The quantitative estimate of drug-likeness (QED) is 0.506. The van der Waals surface area contributed by atoms with E-state index >= 15 is 0 Å². The molecule has 0 fully saturated rings. The molecule has 0 aliphatic rings. The van der Waals surface area contributed by atoms with Crippen LogP contribution in [0.25, 0.3) is 34.2 Å². The van der Waals surface area contributed by atoms with Crippen molar-refractivity contribution >= 4 is 5.91 Å². The lowest BCUT2D eigenvalue weighted by molar-refractivity contribution is -0.122. The van der Waals surface area contributed by atoms with Gasteiger partial charge in [0.05, 0.1) is 6.04 Å². The Kier molecular flexibility index (Phi) is 5.40. The first-order valence-corrected chi connectivity index (χ1v) is 9.51. The normalized spacial score (nSPS) is 12.0. The number of carbonyl (C=O) groups is 1. The van der Waals surface area contributed by atoms with Gasteiger partial charge in [-0.3, -0.25) is 4.79 Å². The summed E-state index contributed by atoms with van der Waals surface area (Å²) in [6, 6.07) is 16.6. The molecule has 0 aliphatic heterocycles. The molecule has 8 nitrogen and oxygen atoms in total. The highest BCUT2D eigenvalue weighted by Crippen LogP contribution is 2.35. The molecule has 4 rings (SSSR count). The zero-order valence-electron chi connectivity index (χ0n) is 16.6. The van der Waals surface area contributed by atoms with Crippen molar-refractivity contribution in [1.82, 2.24) is 20.7 Å². The van der Waals surface area contributed by atoms with E-state index in [0.717, 1.165) is 16.7 Å². The molecular weight excluding hydrogens is 382 g/mol. The van der Waals surface area contributed by atoms with Crippen LogP contribution in [0.15, 0.2) is 63.5 Å². The first-order chi connectivity index (χ1) is 14.5. The van der Waals surface area contributed by atoms with E-state index in [9.17, 15) is 4.79 Å². The molecule has 0 aliphatic carbocycles. The van der Waals surface area contributed by atoms with Gasteiger partial charge >= 0.3 is 0 Å². The topological polar surface area (TPSA) is 120 Å². The first-order valence-electron chi connectivity index (χ1n) is 9.51. The molecule has 0 unspecified atom stereocenters. The van der Waals surface area contributed by atoms with Crippen molar-refractivity contribution < 1.29 is 13.7 Å². The second-order valence-electron chi connectivity index (χ2n) is 6.95. The van der Waals surface area contributed by atoms with E-state index < -0.39 is 6.04 Å². The molecule has 0 bridgehead atoms. The molecule has 152 valence electrons. The van der Waals surface area contributed by atoms with E-state index in [1.807, 2.05) is 54.6 Å². The van der Waals surface area contributed by atoms with E-state index in [-0.39, 0.29) is 5.91 Å². The Bertz CT molecular complexity index is 1160. The van der Waals surface area contributed by atoms with Crippen LogP contribution in [0.1, 0.15) is 18.2 Å². The van der Waals surface area contributed by atoms with Gasteiger partial charge in [-0.1, -0.05) is 41.6 Å². The monoisotopic (exact) mass is 403 g/mol. The molecule has 4 aromatic rings. The zero-order chi connectivity index (χ0) is 21.1. The Morgan fingerprint density at radius 1 is 1.07 bits per heavy atom. The smallest absolute Gasteiger partial charge is 0.254 e. The zero-order valence-corrected chi connectivity index (χ0v) is 16.6. The van der Waals surface area contributed by atoms with Gasteiger partial charge in [0, 0.05) is 17.7 Å². The highest BCUT2D eigenvalue weighted by atomic mass is 16.5. The maximum atomic E-state index is 11.7. The summed E-state index contributed by atoms with van der Waals surface area (Å²) in [5.74, 6) is 1.12. The number of carbonyl (C=O) groups excluding carboxylic acids is 1. The van der Waals surface area contributed by atoms with E-state index in [2.05, 4.69) is 20.7 Å². The van der Waals surface area contributed by atoms with Crippen LogP contribution in [-0.4, -0.2) is 27.3 Å². The Morgan fingerprint density at radius 3 is 2.57 bits per heavy atom. The van der Waals surface area contributed by atoms with Crippen molar-refractivity contribution in [3.05, 3.63) is 65.9 Å². The molecule has 0 saturated heterocycles. The summed E-state index contributed by atoms with van der Waals surface area (Å²) in [4.78, 5) is 11.7. The summed E-state index contributed by atoms with van der Waals surface area (Å²) in [6.07, 6.45) is 0. The van der Waals surface area contributed by atoms with Crippen molar-refractivity contribution in [3.63, 3.8) is 0 Å². The van der Waals surface area contributed by atoms with Crippen molar-refractivity contribution in [2.75, 3.05) is 0 Å². The van der Waals surface area contributed by atoms with Crippen molar-refractivity contribution in [2.45, 2.75) is 26.4 Å². The fourth-order valence-corrected chi connectivity index (χ4v) is 3.02. The molecule has 2 heterocycles. The highest BCUT2D eigenvalue weighted by Gasteiger charge is 2.22. The Labute approximate surface area is 173 Å². The molecule has 2 aromatic heterocycles. The molecule has 8 heteroatoms. The maximum absolute atomic E-state index is 11.7. The van der Waals surface area contributed by atoms with Gasteiger partial charge in [-0.15, -0.1) is 10.2 Å². The SMILES string of the molecule is Cc1onc(-c2cccc(CNC(=O)[C@H](C)N)c2)c1-c1nnc(-c2ccccc2)o1. The van der Waals surface area contributed by atoms with Crippen LogP contribution in [-0.2, 0) is 11.3 Å². The van der Waals surface area contributed by atoms with Gasteiger partial charge in [0.1, 0.15) is 17.0 Å². The average Bonchev–Trinajstić information content (AvgIpc) is 3.39. The van der Waals surface area contributed by atoms with Crippen LogP contribution in [0.5, 0.6) is 0 Å². The summed E-state index contributed by atoms with van der Waals surface area (Å²) in [5.41, 5.74) is 9.38. The van der Waals surface area contributed by atoms with Gasteiger partial charge in [0.25, 0.3) is 5.89 Å². The van der Waals surface area contributed by atoms with Gasteiger partial charge in [0.2, 0.25) is 11.8 Å². The van der Waals surface area contributed by atoms with Crippen LogP contribution in [0, 0.1) is 6.92 Å². The largest absolute Gasteiger partial charge is 0.416 e. The standard InChI is InChI=1S/C22H21N5O3/c1-13(23)20(28)24-12-15-7-6-10-17(11-15)19-18(14(2)30-27-19)22-26-25-21(29-22)16-8-4-3-5-9-16/h3-11,13H,12,23H2,1-2H3,(H,24,28)/t13-/m0/s1. The number of nitrogens with zero attached hydrogens (tertiary/aromatic N) is 3. The third-order valence-electron chi connectivity index (χ3n) is 4.60. The Hall–Kier alpha value is -3.78. The fraction of sp³-hybridized carbons (Fsp3) is 0.182. The lowest BCUT2D eigenvalue weighted by atomic mass is 10.0. The van der Waals surface area contributed by atoms with Gasteiger partial charge in [-0.25, -0.2) is 0 Å². The Balaban J connectivity index is 1.64. The van der Waals surface area contributed by atoms with Crippen LogP contribution in [0.2, 0.25) is 0 Å². The first kappa shape index (κ1) is 19.5. The second-order valence-corrected chi connectivity index (χ2v) is 6.95. The van der Waals surface area contributed by atoms with Crippen molar-refractivity contribution in [2.24, 2.45) is 5.73 Å². The predicted molar refractivity (Wildman–Crippen MR) is 111 cm³/mol. The molecular formula is C22H21N5O3. The molecule has 30 heavy (non-hydrogen) atoms. The number of benzene rings is 2. The number of hydrogen-bond acceptors (Lipinski definition) is 7.